The molecule has 0 aliphatic heterocycles. The number of methoxy groups -OCH3 is 1. The molecule has 0 amide bonds. The third-order valence-corrected chi connectivity index (χ3v) is 3.19. The highest BCUT2D eigenvalue weighted by molar-refractivity contribution is 5.88. The second-order valence-electron chi connectivity index (χ2n) is 4.61. The van der Waals surface area contributed by atoms with Crippen LogP contribution in [0, 0.1) is 5.41 Å². The third-order valence-electron chi connectivity index (χ3n) is 3.19. The van der Waals surface area contributed by atoms with Crippen molar-refractivity contribution in [2.45, 2.75) is 12.8 Å². The van der Waals surface area contributed by atoms with Gasteiger partial charge in [0.05, 0.1) is 19.5 Å². The fourth-order valence-electron chi connectivity index (χ4n) is 1.64. The average molecular weight is 253 g/mol. The van der Waals surface area contributed by atoms with Crippen molar-refractivity contribution in [1.82, 2.24) is 4.98 Å². The number of aromatic nitrogens is 1. The number of rotatable bonds is 5. The van der Waals surface area contributed by atoms with E-state index in [1.807, 2.05) is 0 Å². The van der Waals surface area contributed by atoms with Crippen molar-refractivity contribution in [3.8, 4) is 0 Å². The van der Waals surface area contributed by atoms with E-state index in [2.05, 4.69) is 15.0 Å². The van der Waals surface area contributed by atoms with Crippen molar-refractivity contribution in [1.29, 1.82) is 0 Å². The minimum atomic E-state index is -0.523. The molecule has 0 aromatic carbocycles. The number of hydrogen-bond donors (Lipinski definition) is 2. The van der Waals surface area contributed by atoms with E-state index in [0.717, 1.165) is 12.8 Å². The molecule has 0 atom stereocenters. The number of carbonyl (C=O) groups excluding carboxylic acids is 1. The Morgan fingerprint density at radius 1 is 1.61 bits per heavy atom. The van der Waals surface area contributed by atoms with Crippen LogP contribution in [0.4, 0.5) is 15.9 Å². The normalized spacial score (nSPS) is 16.1. The molecule has 1 fully saturated rings. The summed E-state index contributed by atoms with van der Waals surface area (Å²) in [6, 6.07) is 3.07. The summed E-state index contributed by atoms with van der Waals surface area (Å²) in [6.45, 7) is 0.127. The van der Waals surface area contributed by atoms with Crippen molar-refractivity contribution in [3.05, 3.63) is 17.8 Å². The fraction of sp³-hybridized carbons (Fsp3) is 0.500. The predicted octanol–water partition coefficient (Wildman–Crippen LogP) is 1.61. The molecule has 2 rings (SSSR count). The molecule has 1 aliphatic carbocycles. The fourth-order valence-corrected chi connectivity index (χ4v) is 1.64. The van der Waals surface area contributed by atoms with Gasteiger partial charge in [-0.25, -0.2) is 9.78 Å². The van der Waals surface area contributed by atoms with Gasteiger partial charge in [0.1, 0.15) is 5.82 Å². The van der Waals surface area contributed by atoms with Crippen LogP contribution in [0.5, 0.6) is 0 Å². The van der Waals surface area contributed by atoms with Gasteiger partial charge in [-0.2, -0.15) is 0 Å². The predicted molar refractivity (Wildman–Crippen MR) is 66.1 cm³/mol. The molecule has 6 heteroatoms. The van der Waals surface area contributed by atoms with Gasteiger partial charge < -0.3 is 15.8 Å². The van der Waals surface area contributed by atoms with Gasteiger partial charge in [-0.3, -0.25) is 4.39 Å². The standard InChI is InChI=1S/C12H16FN3O2/c1-18-11(17)9-3-2-8(14)10(16-9)15-7-12(6-13)4-5-12/h2-3H,4-7,14H2,1H3,(H,15,16). The number of nitrogens with one attached hydrogen (secondary N) is 1. The Labute approximate surface area is 105 Å². The van der Waals surface area contributed by atoms with E-state index < -0.39 is 5.97 Å². The van der Waals surface area contributed by atoms with Gasteiger partial charge in [-0.15, -0.1) is 0 Å². The zero-order chi connectivity index (χ0) is 13.2. The summed E-state index contributed by atoms with van der Waals surface area (Å²) in [5.41, 5.74) is 6.09. The van der Waals surface area contributed by atoms with Crippen LogP contribution >= 0.6 is 0 Å². The number of pyridine rings is 1. The van der Waals surface area contributed by atoms with E-state index in [1.54, 1.807) is 6.07 Å². The highest BCUT2D eigenvalue weighted by Gasteiger charge is 2.42. The van der Waals surface area contributed by atoms with Crippen LogP contribution in [-0.2, 0) is 4.74 Å². The van der Waals surface area contributed by atoms with Gasteiger partial charge in [-0.1, -0.05) is 0 Å². The lowest BCUT2D eigenvalue weighted by Crippen LogP contribution is -2.19. The van der Waals surface area contributed by atoms with Gasteiger partial charge in [0, 0.05) is 12.0 Å². The molecule has 1 aromatic heterocycles. The summed E-state index contributed by atoms with van der Waals surface area (Å²) in [5, 5.41) is 3.00. The SMILES string of the molecule is COC(=O)c1ccc(N)c(NCC2(CF)CC2)n1. The molecule has 0 saturated heterocycles. The van der Waals surface area contributed by atoms with Gasteiger partial charge in [0.2, 0.25) is 0 Å². The molecule has 1 aliphatic rings. The number of hydrogen-bond acceptors (Lipinski definition) is 5. The second-order valence-corrected chi connectivity index (χ2v) is 4.61. The van der Waals surface area contributed by atoms with E-state index in [4.69, 9.17) is 5.73 Å². The lowest BCUT2D eigenvalue weighted by molar-refractivity contribution is 0.0594. The zero-order valence-corrected chi connectivity index (χ0v) is 10.2. The van der Waals surface area contributed by atoms with Crippen molar-refractivity contribution in [3.63, 3.8) is 0 Å². The zero-order valence-electron chi connectivity index (χ0n) is 10.2. The minimum Gasteiger partial charge on any atom is -0.464 e. The quantitative estimate of drug-likeness (QED) is 0.779. The Kier molecular flexibility index (Phi) is 3.36. The smallest absolute Gasteiger partial charge is 0.356 e. The first-order chi connectivity index (χ1) is 8.60. The van der Waals surface area contributed by atoms with Crippen molar-refractivity contribution in [2.24, 2.45) is 5.41 Å². The summed E-state index contributed by atoms with van der Waals surface area (Å²) in [6.07, 6.45) is 1.74. The molecule has 0 unspecified atom stereocenters. The summed E-state index contributed by atoms with van der Waals surface area (Å²) < 4.78 is 17.3. The first kappa shape index (κ1) is 12.6. The molecular formula is C12H16FN3O2. The van der Waals surface area contributed by atoms with Crippen LogP contribution < -0.4 is 11.1 Å². The van der Waals surface area contributed by atoms with Gasteiger partial charge in [-0.05, 0) is 25.0 Å². The molecular weight excluding hydrogens is 237 g/mol. The number of nitrogens with zero attached hydrogens (tertiary/aromatic N) is 1. The number of alkyl halides is 1. The van der Waals surface area contributed by atoms with Gasteiger partial charge in [0.25, 0.3) is 0 Å². The summed E-state index contributed by atoms with van der Waals surface area (Å²) in [5.74, 6) is -0.123. The largest absolute Gasteiger partial charge is 0.464 e. The molecule has 3 N–H and O–H groups in total. The Balaban J connectivity index is 2.09. The lowest BCUT2D eigenvalue weighted by atomic mass is 10.1. The van der Waals surface area contributed by atoms with E-state index in [0.29, 0.717) is 18.1 Å². The Hall–Kier alpha value is -1.85. The number of esters is 1. The Morgan fingerprint density at radius 2 is 2.33 bits per heavy atom. The van der Waals surface area contributed by atoms with Gasteiger partial charge >= 0.3 is 5.97 Å². The first-order valence-corrected chi connectivity index (χ1v) is 5.75. The molecule has 98 valence electrons. The molecule has 1 heterocycles. The summed E-state index contributed by atoms with van der Waals surface area (Å²) >= 11 is 0. The number of halogens is 1. The topological polar surface area (TPSA) is 77.2 Å². The van der Waals surface area contributed by atoms with Crippen molar-refractivity contribution in [2.75, 3.05) is 31.4 Å². The number of nitrogens with two attached hydrogens (primary N) is 1. The Morgan fingerprint density at radius 3 is 2.89 bits per heavy atom. The monoisotopic (exact) mass is 253 g/mol. The number of anilines is 2. The highest BCUT2D eigenvalue weighted by Crippen LogP contribution is 2.45. The van der Waals surface area contributed by atoms with E-state index in [-0.39, 0.29) is 17.8 Å². The van der Waals surface area contributed by atoms with Crippen LogP contribution in [0.3, 0.4) is 0 Å². The average Bonchev–Trinajstić information content (AvgIpc) is 3.17. The molecule has 5 nitrogen and oxygen atoms in total. The van der Waals surface area contributed by atoms with Crippen LogP contribution in [0.1, 0.15) is 23.3 Å². The molecule has 1 saturated carbocycles. The minimum absolute atomic E-state index is 0.180. The lowest BCUT2D eigenvalue weighted by Gasteiger charge is -2.14. The maximum atomic E-state index is 12.7. The second kappa shape index (κ2) is 4.80. The van der Waals surface area contributed by atoms with Crippen LogP contribution in [0.25, 0.3) is 0 Å². The van der Waals surface area contributed by atoms with Crippen LogP contribution in [0.2, 0.25) is 0 Å². The van der Waals surface area contributed by atoms with Crippen LogP contribution in [0.15, 0.2) is 12.1 Å². The number of carbonyl (C=O) groups is 1. The first-order valence-electron chi connectivity index (χ1n) is 5.75. The Bertz CT molecular complexity index is 461. The van der Waals surface area contributed by atoms with Crippen LogP contribution in [-0.4, -0.2) is 31.3 Å². The van der Waals surface area contributed by atoms with E-state index in [1.165, 1.54) is 13.2 Å². The third kappa shape index (κ3) is 2.52. The van der Waals surface area contributed by atoms with Crippen molar-refractivity contribution < 1.29 is 13.9 Å². The number of ether oxygens (including phenoxy) is 1. The highest BCUT2D eigenvalue weighted by atomic mass is 19.1. The molecule has 18 heavy (non-hydrogen) atoms. The molecule has 0 bridgehead atoms. The van der Waals surface area contributed by atoms with E-state index in [9.17, 15) is 9.18 Å². The number of nitrogen functional groups attached to an aromatic ring is 1. The van der Waals surface area contributed by atoms with Gasteiger partial charge in [0.15, 0.2) is 5.69 Å². The summed E-state index contributed by atoms with van der Waals surface area (Å²) in [4.78, 5) is 15.4. The molecule has 1 aromatic rings. The maximum Gasteiger partial charge on any atom is 0.356 e. The molecule has 0 radical (unpaired) electrons. The van der Waals surface area contributed by atoms with E-state index >= 15 is 0 Å². The maximum absolute atomic E-state index is 12.7. The van der Waals surface area contributed by atoms with Crippen molar-refractivity contribution >= 4 is 17.5 Å². The summed E-state index contributed by atoms with van der Waals surface area (Å²) in [7, 11) is 1.29. The molecule has 0 spiro atoms.